The number of pyridine rings is 1. The number of hydrogen-bond donors (Lipinski definition) is 1. The number of carbonyl (C=O) groups is 1. The van der Waals surface area contributed by atoms with Crippen LogP contribution in [0.5, 0.6) is 0 Å². The number of allylic oxidation sites excluding steroid dienone is 2. The Kier molecular flexibility index (Phi) is 4.26. The van der Waals surface area contributed by atoms with Crippen LogP contribution in [-0.4, -0.2) is 20.7 Å². The topological polar surface area (TPSA) is 59.8 Å². The highest BCUT2D eigenvalue weighted by molar-refractivity contribution is 5.95. The molecule has 0 radical (unpaired) electrons. The molecule has 1 saturated carbocycles. The smallest absolute Gasteiger partial charge is 0.228 e. The molecule has 2 atom stereocenters. The molecule has 5 nitrogen and oxygen atoms in total. The van der Waals surface area contributed by atoms with Crippen LogP contribution in [0.1, 0.15) is 33.3 Å². The van der Waals surface area contributed by atoms with Gasteiger partial charge in [-0.2, -0.15) is 5.10 Å². The molecule has 0 aromatic carbocycles. The quantitative estimate of drug-likeness (QED) is 0.856. The van der Waals surface area contributed by atoms with Gasteiger partial charge < -0.3 is 5.32 Å². The maximum absolute atomic E-state index is 12.6. The first-order valence-corrected chi connectivity index (χ1v) is 8.25. The number of nitrogens with one attached hydrogen (secondary N) is 1. The zero-order valence-corrected chi connectivity index (χ0v) is 14.7. The van der Waals surface area contributed by atoms with Gasteiger partial charge in [0.05, 0.1) is 24.3 Å². The van der Waals surface area contributed by atoms with E-state index in [-0.39, 0.29) is 17.2 Å². The Morgan fingerprint density at radius 1 is 1.33 bits per heavy atom. The van der Waals surface area contributed by atoms with Gasteiger partial charge in [0.25, 0.3) is 0 Å². The minimum absolute atomic E-state index is 0.0222. The van der Waals surface area contributed by atoms with Gasteiger partial charge in [0, 0.05) is 18.6 Å². The van der Waals surface area contributed by atoms with Crippen molar-refractivity contribution in [3.8, 4) is 0 Å². The zero-order chi connectivity index (χ0) is 17.3. The maximum Gasteiger partial charge on any atom is 0.228 e. The molecule has 0 aliphatic heterocycles. The van der Waals surface area contributed by atoms with E-state index in [1.165, 1.54) is 5.57 Å². The lowest BCUT2D eigenvalue weighted by atomic mass is 10.1. The Hall–Kier alpha value is -2.43. The minimum atomic E-state index is 0.0222. The molecule has 24 heavy (non-hydrogen) atoms. The van der Waals surface area contributed by atoms with Crippen molar-refractivity contribution in [3.63, 3.8) is 0 Å². The van der Waals surface area contributed by atoms with E-state index in [2.05, 4.69) is 49.2 Å². The third-order valence-electron chi connectivity index (χ3n) is 4.70. The molecular formula is C19H24N4O. The van der Waals surface area contributed by atoms with Crippen molar-refractivity contribution in [2.75, 3.05) is 5.32 Å². The molecule has 126 valence electrons. The second-order valence-electron chi connectivity index (χ2n) is 7.34. The molecule has 1 fully saturated rings. The summed E-state index contributed by atoms with van der Waals surface area (Å²) in [7, 11) is 0. The van der Waals surface area contributed by atoms with Crippen LogP contribution in [0.15, 0.2) is 48.6 Å². The van der Waals surface area contributed by atoms with Gasteiger partial charge in [-0.15, -0.1) is 0 Å². The SMILES string of the molecule is CC(C)=C[C@@H]1[C@@H](C(=O)Nc2cnn(Cc3ccncc3)c2)C1(C)C. The summed E-state index contributed by atoms with van der Waals surface area (Å²) < 4.78 is 1.82. The minimum Gasteiger partial charge on any atom is -0.323 e. The second-order valence-corrected chi connectivity index (χ2v) is 7.34. The lowest BCUT2D eigenvalue weighted by Gasteiger charge is -2.03. The molecule has 2 aromatic rings. The summed E-state index contributed by atoms with van der Waals surface area (Å²) >= 11 is 0. The highest BCUT2D eigenvalue weighted by atomic mass is 16.2. The van der Waals surface area contributed by atoms with E-state index in [0.717, 1.165) is 11.3 Å². The normalized spacial score (nSPS) is 21.2. The van der Waals surface area contributed by atoms with Crippen LogP contribution >= 0.6 is 0 Å². The molecule has 3 rings (SSSR count). The van der Waals surface area contributed by atoms with Gasteiger partial charge in [-0.05, 0) is 42.9 Å². The summed E-state index contributed by atoms with van der Waals surface area (Å²) in [6.45, 7) is 9.11. The molecule has 1 aliphatic rings. The van der Waals surface area contributed by atoms with Crippen LogP contribution in [-0.2, 0) is 11.3 Å². The Bertz CT molecular complexity index is 757. The van der Waals surface area contributed by atoms with E-state index >= 15 is 0 Å². The molecule has 0 bridgehead atoms. The van der Waals surface area contributed by atoms with Crippen molar-refractivity contribution in [1.82, 2.24) is 14.8 Å². The lowest BCUT2D eigenvalue weighted by molar-refractivity contribution is -0.118. The third-order valence-corrected chi connectivity index (χ3v) is 4.70. The number of amides is 1. The number of nitrogens with zero attached hydrogens (tertiary/aromatic N) is 3. The first kappa shape index (κ1) is 16.4. The third kappa shape index (κ3) is 3.40. The van der Waals surface area contributed by atoms with E-state index in [4.69, 9.17) is 0 Å². The van der Waals surface area contributed by atoms with Gasteiger partial charge in [-0.25, -0.2) is 0 Å². The van der Waals surface area contributed by atoms with Crippen molar-refractivity contribution in [2.24, 2.45) is 17.3 Å². The fourth-order valence-corrected chi connectivity index (χ4v) is 3.26. The first-order chi connectivity index (χ1) is 11.4. The predicted molar refractivity (Wildman–Crippen MR) is 94.4 cm³/mol. The van der Waals surface area contributed by atoms with Gasteiger partial charge >= 0.3 is 0 Å². The maximum atomic E-state index is 12.6. The largest absolute Gasteiger partial charge is 0.323 e. The van der Waals surface area contributed by atoms with Crippen LogP contribution < -0.4 is 5.32 Å². The molecule has 1 aliphatic carbocycles. The Labute approximate surface area is 142 Å². The highest BCUT2D eigenvalue weighted by Gasteiger charge is 2.60. The van der Waals surface area contributed by atoms with Crippen molar-refractivity contribution in [3.05, 3.63) is 54.1 Å². The Morgan fingerprint density at radius 3 is 2.71 bits per heavy atom. The fourth-order valence-electron chi connectivity index (χ4n) is 3.26. The van der Waals surface area contributed by atoms with Crippen LogP contribution in [0.2, 0.25) is 0 Å². The van der Waals surface area contributed by atoms with E-state index < -0.39 is 0 Å². The average molecular weight is 324 g/mol. The van der Waals surface area contributed by atoms with E-state index in [9.17, 15) is 4.79 Å². The van der Waals surface area contributed by atoms with Gasteiger partial charge in [0.1, 0.15) is 0 Å². The molecule has 2 heterocycles. The number of aromatic nitrogens is 3. The number of anilines is 1. The number of rotatable bonds is 5. The van der Waals surface area contributed by atoms with Crippen molar-refractivity contribution in [2.45, 2.75) is 34.2 Å². The molecular weight excluding hydrogens is 300 g/mol. The van der Waals surface area contributed by atoms with E-state index in [0.29, 0.717) is 12.5 Å². The van der Waals surface area contributed by atoms with E-state index in [1.54, 1.807) is 18.6 Å². The molecule has 5 heteroatoms. The second kappa shape index (κ2) is 6.23. The average Bonchev–Trinajstić information content (AvgIpc) is 2.83. The summed E-state index contributed by atoms with van der Waals surface area (Å²) in [5.74, 6) is 0.413. The van der Waals surface area contributed by atoms with Crippen LogP contribution in [0.4, 0.5) is 5.69 Å². The van der Waals surface area contributed by atoms with Crippen molar-refractivity contribution in [1.29, 1.82) is 0 Å². The summed E-state index contributed by atoms with van der Waals surface area (Å²) in [5, 5.41) is 7.32. The summed E-state index contributed by atoms with van der Waals surface area (Å²) in [6.07, 6.45) is 9.30. The van der Waals surface area contributed by atoms with Crippen LogP contribution in [0.25, 0.3) is 0 Å². The Morgan fingerprint density at radius 2 is 2.04 bits per heavy atom. The standard InChI is InChI=1S/C19H24N4O/c1-13(2)9-16-17(19(16,3)4)18(24)22-15-10-21-23(12-15)11-14-5-7-20-8-6-14/h5-10,12,16-17H,11H2,1-4H3,(H,22,24)/t16-,17+/m1/s1. The molecule has 0 saturated heterocycles. The van der Waals surface area contributed by atoms with Gasteiger partial charge in [0.2, 0.25) is 5.91 Å². The van der Waals surface area contributed by atoms with E-state index in [1.807, 2.05) is 23.0 Å². The van der Waals surface area contributed by atoms with Crippen molar-refractivity contribution >= 4 is 11.6 Å². The summed E-state index contributed by atoms with van der Waals surface area (Å²) in [5.41, 5.74) is 3.15. The number of carbonyl (C=O) groups excluding carboxylic acids is 1. The molecule has 0 unspecified atom stereocenters. The van der Waals surface area contributed by atoms with Crippen molar-refractivity contribution < 1.29 is 4.79 Å². The monoisotopic (exact) mass is 324 g/mol. The van der Waals surface area contributed by atoms with Crippen LogP contribution in [0.3, 0.4) is 0 Å². The molecule has 1 amide bonds. The highest BCUT2D eigenvalue weighted by Crippen LogP contribution is 2.59. The zero-order valence-electron chi connectivity index (χ0n) is 14.7. The van der Waals surface area contributed by atoms with Gasteiger partial charge in [-0.1, -0.05) is 25.5 Å². The Balaban J connectivity index is 1.63. The van der Waals surface area contributed by atoms with Gasteiger partial charge in [-0.3, -0.25) is 14.5 Å². The molecule has 1 N–H and O–H groups in total. The molecule has 0 spiro atoms. The summed E-state index contributed by atoms with van der Waals surface area (Å²) in [4.78, 5) is 16.6. The first-order valence-electron chi connectivity index (χ1n) is 8.25. The van der Waals surface area contributed by atoms with Gasteiger partial charge in [0.15, 0.2) is 0 Å². The number of hydrogen-bond acceptors (Lipinski definition) is 3. The predicted octanol–water partition coefficient (Wildman–Crippen LogP) is 3.50. The lowest BCUT2D eigenvalue weighted by Crippen LogP contribution is -2.16. The fraction of sp³-hybridized carbons (Fsp3) is 0.421. The summed E-state index contributed by atoms with van der Waals surface area (Å²) in [6, 6.07) is 3.91. The van der Waals surface area contributed by atoms with Crippen LogP contribution in [0, 0.1) is 17.3 Å². The molecule has 2 aromatic heterocycles.